The maximum atomic E-state index is 2.46. The highest BCUT2D eigenvalue weighted by Gasteiger charge is 2.30. The number of rotatable bonds is 6. The summed E-state index contributed by atoms with van der Waals surface area (Å²) in [6.45, 7) is 4.93. The molecule has 0 saturated heterocycles. The van der Waals surface area contributed by atoms with E-state index < -0.39 is 0 Å². The van der Waals surface area contributed by atoms with Crippen molar-refractivity contribution in [3.8, 4) is 0 Å². The van der Waals surface area contributed by atoms with Crippen molar-refractivity contribution in [1.29, 1.82) is 0 Å². The average Bonchev–Trinajstić information content (AvgIpc) is 2.74. The first-order chi connectivity index (χ1) is 14.1. The summed E-state index contributed by atoms with van der Waals surface area (Å²) in [5, 5.41) is 0. The van der Waals surface area contributed by atoms with E-state index in [1.165, 1.54) is 25.7 Å². The zero-order valence-electron chi connectivity index (χ0n) is 20.1. The lowest BCUT2D eigenvalue weighted by Crippen LogP contribution is -2.24. The van der Waals surface area contributed by atoms with Gasteiger partial charge in [-0.1, -0.05) is 154 Å². The van der Waals surface area contributed by atoms with Gasteiger partial charge in [0, 0.05) is 0 Å². The predicted molar refractivity (Wildman–Crippen MR) is 161 cm³/mol. The second kappa shape index (κ2) is 18.3. The molecule has 0 N–H and O–H groups in total. The molecule has 4 aliphatic carbocycles. The smallest absolute Gasteiger partial charge is 0.0411 e. The summed E-state index contributed by atoms with van der Waals surface area (Å²) >= 11 is 0. The van der Waals surface area contributed by atoms with E-state index in [1.54, 1.807) is 96.3 Å². The van der Waals surface area contributed by atoms with Crippen LogP contribution in [0.1, 0.15) is 173 Å². The Morgan fingerprint density at radius 1 is 0.294 bits per heavy atom. The largest absolute Gasteiger partial charge is 0.0776 e. The Bertz CT molecular complexity index is 393. The third kappa shape index (κ3) is 11.4. The van der Waals surface area contributed by atoms with Crippen LogP contribution in [-0.2, 0) is 0 Å². The lowest BCUT2D eigenvalue weighted by Gasteiger charge is -2.37. The Hall–Kier alpha value is 0. The maximum Gasteiger partial charge on any atom is -0.0411 e. The van der Waals surface area contributed by atoms with Gasteiger partial charge in [-0.2, -0.15) is 0 Å². The summed E-state index contributed by atoms with van der Waals surface area (Å²) in [5.41, 5.74) is 0. The molecule has 4 aliphatic rings. The van der Waals surface area contributed by atoms with Crippen molar-refractivity contribution in [3.05, 3.63) is 0 Å². The molecule has 0 nitrogen and oxygen atoms in total. The zero-order valence-corrected chi connectivity index (χ0v) is 20.1. The van der Waals surface area contributed by atoms with Crippen molar-refractivity contribution in [3.63, 3.8) is 0 Å². The molecule has 208 valence electrons. The third-order valence-corrected chi connectivity index (χ3v) is 10.2. The van der Waals surface area contributed by atoms with Crippen LogP contribution >= 0.6 is 0 Å². The molecule has 0 aromatic carbocycles. The molecule has 0 atom stereocenters. The third-order valence-electron chi connectivity index (χ3n) is 10.2. The Morgan fingerprint density at radius 3 is 0.618 bits per heavy atom. The van der Waals surface area contributed by atoms with Crippen LogP contribution in [0.4, 0.5) is 0 Å². The van der Waals surface area contributed by atoms with Crippen molar-refractivity contribution in [1.82, 2.24) is 0 Å². The molecule has 0 unspecified atom stereocenters. The van der Waals surface area contributed by atoms with Gasteiger partial charge in [-0.25, -0.2) is 0 Å². The van der Waals surface area contributed by atoms with E-state index in [-0.39, 0.29) is 37.1 Å². The van der Waals surface area contributed by atoms with Crippen LogP contribution in [0.25, 0.3) is 0 Å². The molecule has 0 radical (unpaired) electrons. The predicted octanol–water partition coefficient (Wildman–Crippen LogP) is 12.6. The second-order valence-electron chi connectivity index (χ2n) is 12.7. The quantitative estimate of drug-likeness (QED) is 0.354. The van der Waals surface area contributed by atoms with Gasteiger partial charge in [0.1, 0.15) is 0 Å². The van der Waals surface area contributed by atoms with E-state index in [0.717, 1.165) is 47.3 Å². The van der Waals surface area contributed by atoms with Gasteiger partial charge in [-0.15, -0.1) is 0 Å². The Labute approximate surface area is 220 Å². The molecule has 0 amide bonds. The minimum atomic E-state index is 0. The van der Waals surface area contributed by atoms with E-state index >= 15 is 0 Å². The van der Waals surface area contributed by atoms with Crippen molar-refractivity contribution in [2.45, 2.75) is 173 Å². The van der Waals surface area contributed by atoms with Crippen LogP contribution in [0.15, 0.2) is 0 Å². The van der Waals surface area contributed by atoms with Gasteiger partial charge in [-0.3, -0.25) is 0 Å². The highest BCUT2D eigenvalue weighted by atomic mass is 14.4. The van der Waals surface area contributed by atoms with Crippen LogP contribution < -0.4 is 0 Å². The molecule has 4 saturated carbocycles. The lowest BCUT2D eigenvalue weighted by atomic mass is 9.69. The first-order valence-corrected chi connectivity index (χ1v) is 14.1. The van der Waals surface area contributed by atoms with Crippen molar-refractivity contribution in [2.24, 2.45) is 47.3 Å². The van der Waals surface area contributed by atoms with Crippen LogP contribution in [0, 0.1) is 47.3 Å². The van der Waals surface area contributed by atoms with E-state index in [9.17, 15) is 0 Å². The molecular weight excluding hydrogens is 408 g/mol. The summed E-state index contributed by atoms with van der Waals surface area (Å²) in [6.07, 6.45) is 29.6. The monoisotopic (exact) mass is 481 g/mol. The normalized spacial score (nSPS) is 37.9. The van der Waals surface area contributed by atoms with E-state index in [2.05, 4.69) is 13.8 Å². The summed E-state index contributed by atoms with van der Waals surface area (Å²) in [4.78, 5) is 0. The van der Waals surface area contributed by atoms with Crippen molar-refractivity contribution in [2.75, 3.05) is 0 Å². The molecule has 0 bridgehead atoms. The summed E-state index contributed by atoms with van der Waals surface area (Å²) < 4.78 is 0. The first kappa shape index (κ1) is 36.2. The fourth-order valence-corrected chi connectivity index (χ4v) is 7.95. The number of hydrogen-bond acceptors (Lipinski definition) is 0. The van der Waals surface area contributed by atoms with Gasteiger partial charge in [-0.05, 0) is 66.6 Å². The fraction of sp³-hybridized carbons (Fsp3) is 1.00. The standard InChI is InChI=1S/C29H52.5CH4/c1-22-3-7-24(8-4-22)19-26-11-15-28(16-12-26)21-29-17-13-27(14-18-29)20-25-9-5-23(2)6-10-25;;;;;/h22-29H,3-21H2,1-2H3;5*1H4. The molecule has 4 rings (SSSR count). The Kier molecular flexibility index (Phi) is 19.4. The molecule has 0 aliphatic heterocycles. The van der Waals surface area contributed by atoms with Gasteiger partial charge >= 0.3 is 0 Å². The van der Waals surface area contributed by atoms with E-state index in [1.807, 2.05) is 0 Å². The summed E-state index contributed by atoms with van der Waals surface area (Å²) in [7, 11) is 0. The molecule has 34 heavy (non-hydrogen) atoms. The summed E-state index contributed by atoms with van der Waals surface area (Å²) in [5.74, 6) is 8.60. The Balaban J connectivity index is 0. The van der Waals surface area contributed by atoms with Gasteiger partial charge in [0.25, 0.3) is 0 Å². The van der Waals surface area contributed by atoms with Crippen LogP contribution in [0.2, 0.25) is 0 Å². The molecule has 0 spiro atoms. The number of hydrogen-bond donors (Lipinski definition) is 0. The maximum absolute atomic E-state index is 2.46. The SMILES string of the molecule is C.C.C.C.C.CC1CCC(CC2CCC(CC3CCC(CC4CCC(C)CC4)CC3)CC2)CC1. The van der Waals surface area contributed by atoms with Crippen LogP contribution in [0.3, 0.4) is 0 Å². The first-order valence-electron chi connectivity index (χ1n) is 14.1. The van der Waals surface area contributed by atoms with Gasteiger partial charge < -0.3 is 0 Å². The lowest BCUT2D eigenvalue weighted by molar-refractivity contribution is 0.154. The zero-order chi connectivity index (χ0) is 20.1. The fourth-order valence-electron chi connectivity index (χ4n) is 7.95. The average molecular weight is 481 g/mol. The van der Waals surface area contributed by atoms with Crippen LogP contribution in [0.5, 0.6) is 0 Å². The Morgan fingerprint density at radius 2 is 0.441 bits per heavy atom. The van der Waals surface area contributed by atoms with Crippen LogP contribution in [-0.4, -0.2) is 0 Å². The minimum absolute atomic E-state index is 0. The second-order valence-corrected chi connectivity index (χ2v) is 12.7. The molecular formula is C34H72. The minimum Gasteiger partial charge on any atom is -0.0776 e. The topological polar surface area (TPSA) is 0 Å². The highest BCUT2D eigenvalue weighted by molar-refractivity contribution is 4.82. The highest BCUT2D eigenvalue weighted by Crippen LogP contribution is 2.43. The molecule has 0 aromatic heterocycles. The van der Waals surface area contributed by atoms with Gasteiger partial charge in [0.2, 0.25) is 0 Å². The van der Waals surface area contributed by atoms with Gasteiger partial charge in [0.05, 0.1) is 0 Å². The van der Waals surface area contributed by atoms with E-state index in [0.29, 0.717) is 0 Å². The van der Waals surface area contributed by atoms with Gasteiger partial charge in [0.15, 0.2) is 0 Å². The summed E-state index contributed by atoms with van der Waals surface area (Å²) in [6, 6.07) is 0. The molecule has 4 fully saturated rings. The molecule has 0 heterocycles. The molecule has 0 heteroatoms. The van der Waals surface area contributed by atoms with Crippen molar-refractivity contribution < 1.29 is 0 Å². The van der Waals surface area contributed by atoms with Crippen molar-refractivity contribution >= 4 is 0 Å². The molecule has 0 aromatic rings. The van der Waals surface area contributed by atoms with E-state index in [4.69, 9.17) is 0 Å².